The molecule has 0 spiro atoms. The standard InChI is InChI=1S/C17H12N2O2S2/c20-16-14-13(11-5-2-1-3-6-11)10-23-15(14)18-17(22)19(16)9-12-7-4-8-21-12/h1-8,10H,9H2,(H,18,22). The Kier molecular flexibility index (Phi) is 3.48. The van der Waals surface area contributed by atoms with Crippen LogP contribution in [-0.4, -0.2) is 9.55 Å². The van der Waals surface area contributed by atoms with Crippen LogP contribution in [0.2, 0.25) is 0 Å². The first-order valence-corrected chi connectivity index (χ1v) is 8.35. The molecule has 6 heteroatoms. The van der Waals surface area contributed by atoms with E-state index in [1.54, 1.807) is 12.3 Å². The molecule has 4 aromatic rings. The van der Waals surface area contributed by atoms with Crippen LogP contribution in [0.15, 0.2) is 63.3 Å². The van der Waals surface area contributed by atoms with Crippen LogP contribution in [-0.2, 0) is 6.54 Å². The van der Waals surface area contributed by atoms with Gasteiger partial charge < -0.3 is 9.40 Å². The van der Waals surface area contributed by atoms with E-state index in [0.29, 0.717) is 22.5 Å². The lowest BCUT2D eigenvalue weighted by molar-refractivity contribution is 0.487. The average Bonchev–Trinajstić information content (AvgIpc) is 3.21. The molecule has 0 amide bonds. The van der Waals surface area contributed by atoms with Gasteiger partial charge in [0.1, 0.15) is 10.6 Å². The lowest BCUT2D eigenvalue weighted by Gasteiger charge is -2.06. The molecule has 0 bridgehead atoms. The quantitative estimate of drug-likeness (QED) is 0.561. The average molecular weight is 340 g/mol. The summed E-state index contributed by atoms with van der Waals surface area (Å²) >= 11 is 6.83. The Bertz CT molecular complexity index is 1070. The largest absolute Gasteiger partial charge is 0.467 e. The number of nitrogens with zero attached hydrogens (tertiary/aromatic N) is 1. The highest BCUT2D eigenvalue weighted by Crippen LogP contribution is 2.30. The van der Waals surface area contributed by atoms with Crippen LogP contribution < -0.4 is 5.56 Å². The smallest absolute Gasteiger partial charge is 0.264 e. The molecule has 0 saturated heterocycles. The number of benzene rings is 1. The SMILES string of the molecule is O=c1c2c(-c3ccccc3)csc2[nH]c(=S)n1Cc1ccco1. The Labute approximate surface area is 140 Å². The van der Waals surface area contributed by atoms with Crippen molar-refractivity contribution < 1.29 is 4.42 Å². The fraction of sp³-hybridized carbons (Fsp3) is 0.0588. The Morgan fingerprint density at radius 2 is 2.00 bits per heavy atom. The summed E-state index contributed by atoms with van der Waals surface area (Å²) < 4.78 is 7.28. The van der Waals surface area contributed by atoms with Crippen molar-refractivity contribution in [2.45, 2.75) is 6.54 Å². The molecule has 3 heterocycles. The maximum atomic E-state index is 13.0. The number of nitrogens with one attached hydrogen (secondary N) is 1. The van der Waals surface area contributed by atoms with Crippen LogP contribution >= 0.6 is 23.6 Å². The van der Waals surface area contributed by atoms with Gasteiger partial charge in [-0.2, -0.15) is 0 Å². The molecular formula is C17H12N2O2S2. The second-order valence-electron chi connectivity index (χ2n) is 5.12. The maximum Gasteiger partial charge on any atom is 0.264 e. The van der Waals surface area contributed by atoms with Crippen molar-refractivity contribution in [3.8, 4) is 11.1 Å². The predicted molar refractivity (Wildman–Crippen MR) is 94.5 cm³/mol. The summed E-state index contributed by atoms with van der Waals surface area (Å²) in [6, 6.07) is 13.5. The Morgan fingerprint density at radius 1 is 1.17 bits per heavy atom. The van der Waals surface area contributed by atoms with Crippen LogP contribution in [0.4, 0.5) is 0 Å². The number of aromatic nitrogens is 2. The van der Waals surface area contributed by atoms with E-state index in [0.717, 1.165) is 16.0 Å². The number of furan rings is 1. The van der Waals surface area contributed by atoms with Gasteiger partial charge in [-0.1, -0.05) is 30.3 Å². The highest BCUT2D eigenvalue weighted by atomic mass is 32.1. The minimum Gasteiger partial charge on any atom is -0.467 e. The first kappa shape index (κ1) is 14.2. The summed E-state index contributed by atoms with van der Waals surface area (Å²) in [5.74, 6) is 0.697. The van der Waals surface area contributed by atoms with Gasteiger partial charge in [0.05, 0.1) is 18.2 Å². The van der Waals surface area contributed by atoms with Crippen molar-refractivity contribution >= 4 is 33.8 Å². The van der Waals surface area contributed by atoms with Gasteiger partial charge in [0.2, 0.25) is 0 Å². The molecular weight excluding hydrogens is 328 g/mol. The molecule has 0 unspecified atom stereocenters. The number of fused-ring (bicyclic) bond motifs is 1. The third-order valence-electron chi connectivity index (χ3n) is 3.69. The fourth-order valence-electron chi connectivity index (χ4n) is 2.59. The Balaban J connectivity index is 1.96. The summed E-state index contributed by atoms with van der Waals surface area (Å²) in [6.07, 6.45) is 1.59. The van der Waals surface area contributed by atoms with E-state index in [1.165, 1.54) is 15.9 Å². The number of aromatic amines is 1. The van der Waals surface area contributed by atoms with E-state index < -0.39 is 0 Å². The van der Waals surface area contributed by atoms with Gasteiger partial charge in [-0.25, -0.2) is 0 Å². The number of hydrogen-bond donors (Lipinski definition) is 1. The Morgan fingerprint density at radius 3 is 2.74 bits per heavy atom. The van der Waals surface area contributed by atoms with Gasteiger partial charge in [-0.15, -0.1) is 11.3 Å². The molecule has 0 aliphatic rings. The van der Waals surface area contributed by atoms with Crippen molar-refractivity contribution in [3.05, 3.63) is 75.0 Å². The van der Waals surface area contributed by atoms with E-state index in [-0.39, 0.29) is 5.56 Å². The summed E-state index contributed by atoms with van der Waals surface area (Å²) in [5, 5.41) is 2.66. The van der Waals surface area contributed by atoms with E-state index in [2.05, 4.69) is 4.98 Å². The molecule has 0 aliphatic heterocycles. The van der Waals surface area contributed by atoms with Crippen molar-refractivity contribution in [2.24, 2.45) is 0 Å². The van der Waals surface area contributed by atoms with Crippen LogP contribution in [0, 0.1) is 4.77 Å². The van der Waals surface area contributed by atoms with Crippen LogP contribution in [0.3, 0.4) is 0 Å². The molecule has 1 aromatic carbocycles. The Hall–Kier alpha value is -2.44. The topological polar surface area (TPSA) is 50.9 Å². The predicted octanol–water partition coefficient (Wildman–Crippen LogP) is 4.43. The number of rotatable bonds is 3. The van der Waals surface area contributed by atoms with Gasteiger partial charge >= 0.3 is 0 Å². The first-order valence-electron chi connectivity index (χ1n) is 7.06. The molecule has 3 aromatic heterocycles. The zero-order valence-electron chi connectivity index (χ0n) is 12.0. The highest BCUT2D eigenvalue weighted by molar-refractivity contribution is 7.71. The zero-order valence-corrected chi connectivity index (χ0v) is 13.6. The summed E-state index contributed by atoms with van der Waals surface area (Å²) in [7, 11) is 0. The fourth-order valence-corrected chi connectivity index (χ4v) is 3.86. The first-order chi connectivity index (χ1) is 11.2. The van der Waals surface area contributed by atoms with Crippen molar-refractivity contribution in [3.63, 3.8) is 0 Å². The molecule has 4 rings (SSSR count). The van der Waals surface area contributed by atoms with E-state index >= 15 is 0 Å². The molecule has 0 radical (unpaired) electrons. The third-order valence-corrected chi connectivity index (χ3v) is 4.91. The normalized spacial score (nSPS) is 11.1. The molecule has 0 fully saturated rings. The number of hydrogen-bond acceptors (Lipinski definition) is 4. The van der Waals surface area contributed by atoms with Gasteiger partial charge in [-0.3, -0.25) is 9.36 Å². The van der Waals surface area contributed by atoms with Gasteiger partial charge in [0.25, 0.3) is 5.56 Å². The van der Waals surface area contributed by atoms with Gasteiger partial charge in [0, 0.05) is 10.9 Å². The van der Waals surface area contributed by atoms with Crippen molar-refractivity contribution in [1.82, 2.24) is 9.55 Å². The van der Waals surface area contributed by atoms with Crippen LogP contribution in [0.25, 0.3) is 21.3 Å². The van der Waals surface area contributed by atoms with E-state index in [9.17, 15) is 4.79 Å². The molecule has 0 saturated carbocycles. The maximum absolute atomic E-state index is 13.0. The molecule has 0 aliphatic carbocycles. The van der Waals surface area contributed by atoms with E-state index in [4.69, 9.17) is 16.6 Å². The lowest BCUT2D eigenvalue weighted by atomic mass is 10.1. The highest BCUT2D eigenvalue weighted by Gasteiger charge is 2.14. The summed E-state index contributed by atoms with van der Waals surface area (Å²) in [6.45, 7) is 0.321. The minimum atomic E-state index is -0.0970. The van der Waals surface area contributed by atoms with Crippen LogP contribution in [0.5, 0.6) is 0 Å². The van der Waals surface area contributed by atoms with Crippen molar-refractivity contribution in [2.75, 3.05) is 0 Å². The second kappa shape index (κ2) is 5.64. The molecule has 0 atom stereocenters. The lowest BCUT2D eigenvalue weighted by Crippen LogP contribution is -2.22. The molecule has 1 N–H and O–H groups in total. The van der Waals surface area contributed by atoms with Gasteiger partial charge in [-0.05, 0) is 29.9 Å². The number of thiophene rings is 1. The summed E-state index contributed by atoms with van der Waals surface area (Å²) in [4.78, 5) is 16.9. The second-order valence-corrected chi connectivity index (χ2v) is 6.39. The minimum absolute atomic E-state index is 0.0970. The van der Waals surface area contributed by atoms with Crippen molar-refractivity contribution in [1.29, 1.82) is 0 Å². The van der Waals surface area contributed by atoms with E-state index in [1.807, 2.05) is 41.8 Å². The molecule has 114 valence electrons. The monoisotopic (exact) mass is 340 g/mol. The molecule has 4 nitrogen and oxygen atoms in total. The zero-order chi connectivity index (χ0) is 15.8. The number of H-pyrrole nitrogens is 1. The molecule has 23 heavy (non-hydrogen) atoms. The van der Waals surface area contributed by atoms with Gasteiger partial charge in [0.15, 0.2) is 4.77 Å². The third kappa shape index (κ3) is 2.46. The van der Waals surface area contributed by atoms with Crippen LogP contribution in [0.1, 0.15) is 5.76 Å². The summed E-state index contributed by atoms with van der Waals surface area (Å²) in [5.41, 5.74) is 1.85.